The van der Waals surface area contributed by atoms with Gasteiger partial charge in [0.25, 0.3) is 0 Å². The fraction of sp³-hybridized carbons (Fsp3) is 0.562. The Bertz CT molecular complexity index is 1440. The maximum atomic E-state index is 14.4. The van der Waals surface area contributed by atoms with Gasteiger partial charge in [0.2, 0.25) is 0 Å². The molecule has 0 radical (unpaired) electrons. The number of nitrogens with zero attached hydrogens (tertiary/aromatic N) is 4. The largest absolute Gasteiger partial charge is 0.461 e. The van der Waals surface area contributed by atoms with Crippen molar-refractivity contribution in [3.8, 4) is 6.01 Å². The molecule has 0 spiro atoms. The molecule has 8 heteroatoms. The van der Waals surface area contributed by atoms with E-state index in [0.29, 0.717) is 43.6 Å². The average Bonchev–Trinajstić information content (AvgIpc) is 3.61. The maximum Gasteiger partial charge on any atom is 0.316 e. The van der Waals surface area contributed by atoms with Crippen LogP contribution in [0.1, 0.15) is 67.8 Å². The van der Waals surface area contributed by atoms with E-state index in [1.807, 2.05) is 0 Å². The molecule has 1 N–H and O–H groups in total. The summed E-state index contributed by atoms with van der Waals surface area (Å²) in [5.41, 5.74) is 4.68. The molecule has 0 saturated carbocycles. The van der Waals surface area contributed by atoms with Crippen LogP contribution in [0.4, 0.5) is 10.1 Å². The number of anilines is 1. The molecule has 4 fully saturated rings. The smallest absolute Gasteiger partial charge is 0.316 e. The number of hydrogen-bond acceptors (Lipinski definition) is 6. The van der Waals surface area contributed by atoms with Crippen LogP contribution in [0.3, 0.4) is 0 Å². The summed E-state index contributed by atoms with van der Waals surface area (Å²) in [6.45, 7) is 3.66. The fourth-order valence-electron chi connectivity index (χ4n) is 8.51. The Labute approximate surface area is 243 Å². The van der Waals surface area contributed by atoms with Crippen LogP contribution in [0, 0.1) is 0 Å². The second kappa shape index (κ2) is 9.92. The lowest BCUT2D eigenvalue weighted by atomic mass is 9.85. The van der Waals surface area contributed by atoms with Crippen molar-refractivity contribution in [1.82, 2.24) is 20.2 Å². The number of benzene rings is 2. The van der Waals surface area contributed by atoms with E-state index in [0.717, 1.165) is 61.9 Å². The van der Waals surface area contributed by atoms with Gasteiger partial charge in [0, 0.05) is 53.1 Å². The minimum Gasteiger partial charge on any atom is -0.461 e. The third kappa shape index (κ3) is 4.33. The molecule has 1 aromatic heterocycles. The van der Waals surface area contributed by atoms with E-state index < -0.39 is 6.17 Å². The van der Waals surface area contributed by atoms with Gasteiger partial charge >= 0.3 is 6.01 Å². The number of halogens is 2. The second-order valence-corrected chi connectivity index (χ2v) is 13.6. The molecule has 0 amide bonds. The Morgan fingerprint density at radius 1 is 1.07 bits per heavy atom. The molecule has 2 aromatic carbocycles. The normalized spacial score (nSPS) is 31.5. The van der Waals surface area contributed by atoms with Crippen LogP contribution < -0.4 is 15.0 Å². The molecule has 2 bridgehead atoms. The molecule has 5 aliphatic rings. The van der Waals surface area contributed by atoms with E-state index in [4.69, 9.17) is 14.7 Å². The molecule has 8 rings (SSSR count). The van der Waals surface area contributed by atoms with Gasteiger partial charge in [-0.1, -0.05) is 40.2 Å². The van der Waals surface area contributed by atoms with Gasteiger partial charge in [-0.25, -0.2) is 4.39 Å². The van der Waals surface area contributed by atoms with Crippen LogP contribution in [0.25, 0.3) is 10.8 Å². The van der Waals surface area contributed by atoms with E-state index in [-0.39, 0.29) is 5.54 Å². The summed E-state index contributed by atoms with van der Waals surface area (Å²) < 4.78 is 22.0. The molecule has 2 unspecified atom stereocenters. The van der Waals surface area contributed by atoms with E-state index in [1.165, 1.54) is 40.6 Å². The monoisotopic (exact) mass is 605 g/mol. The van der Waals surface area contributed by atoms with Crippen LogP contribution >= 0.6 is 15.9 Å². The predicted molar refractivity (Wildman–Crippen MR) is 159 cm³/mol. The fourth-order valence-corrected chi connectivity index (χ4v) is 9.10. The van der Waals surface area contributed by atoms with E-state index in [9.17, 15) is 4.39 Å². The SMILES string of the molecule is F[C@H]1CN2CCC[C@@]2(COc2nc3c(c(C4CC5CCC(C4)N5)n2)CCN(c2cccc4cccc(Br)c24)C3)C1. The highest BCUT2D eigenvalue weighted by Crippen LogP contribution is 2.43. The number of ether oxygens (including phenoxy) is 1. The molecule has 40 heavy (non-hydrogen) atoms. The molecule has 210 valence electrons. The van der Waals surface area contributed by atoms with Crippen LogP contribution in [-0.2, 0) is 13.0 Å². The lowest BCUT2D eigenvalue weighted by molar-refractivity contribution is 0.106. The zero-order chi connectivity index (χ0) is 26.8. The molecule has 6 nitrogen and oxygen atoms in total. The zero-order valence-corrected chi connectivity index (χ0v) is 24.5. The van der Waals surface area contributed by atoms with Crippen LogP contribution in [0.5, 0.6) is 6.01 Å². The van der Waals surface area contributed by atoms with Gasteiger partial charge in [0.05, 0.1) is 23.5 Å². The summed E-state index contributed by atoms with van der Waals surface area (Å²) in [5, 5.41) is 6.28. The van der Waals surface area contributed by atoms with Crippen LogP contribution in [0.2, 0.25) is 0 Å². The lowest BCUT2D eigenvalue weighted by Gasteiger charge is -2.35. The van der Waals surface area contributed by atoms with Crippen molar-refractivity contribution in [2.45, 2.75) is 87.6 Å². The number of piperidine rings is 1. The predicted octanol–water partition coefficient (Wildman–Crippen LogP) is 5.91. The Morgan fingerprint density at radius 3 is 2.75 bits per heavy atom. The van der Waals surface area contributed by atoms with E-state index in [1.54, 1.807) is 0 Å². The van der Waals surface area contributed by atoms with Crippen molar-refractivity contribution in [3.05, 3.63) is 57.8 Å². The standard InChI is InChI=1S/C32H37BrFN5O/c33-26-6-1-4-20-5-2-7-28(29(20)26)38-13-10-25-27(18-38)36-31(37-30(25)21-14-23-8-9-24(15-21)35-23)40-19-32-11-3-12-39(32)17-22(34)16-32/h1-2,4-7,21-24,35H,3,8-19H2/t21?,22-,23?,24?,32+/m1/s1. The topological polar surface area (TPSA) is 53.5 Å². The highest BCUT2D eigenvalue weighted by Gasteiger charge is 2.49. The van der Waals surface area contributed by atoms with E-state index in [2.05, 4.69) is 67.4 Å². The van der Waals surface area contributed by atoms with Crippen LogP contribution in [-0.4, -0.2) is 64.9 Å². The molecule has 4 saturated heterocycles. The molecule has 4 atom stereocenters. The first kappa shape index (κ1) is 25.4. The second-order valence-electron chi connectivity index (χ2n) is 12.8. The van der Waals surface area contributed by atoms with Gasteiger partial charge in [-0.2, -0.15) is 9.97 Å². The summed E-state index contributed by atoms with van der Waals surface area (Å²) in [7, 11) is 0. The summed E-state index contributed by atoms with van der Waals surface area (Å²) >= 11 is 3.81. The minimum absolute atomic E-state index is 0.200. The van der Waals surface area contributed by atoms with Gasteiger partial charge in [-0.15, -0.1) is 0 Å². The number of aromatic nitrogens is 2. The first-order valence-corrected chi connectivity index (χ1v) is 15.9. The first-order chi connectivity index (χ1) is 19.5. The van der Waals surface area contributed by atoms with Crippen LogP contribution in [0.15, 0.2) is 40.9 Å². The Hall–Kier alpha value is -2.29. The Morgan fingerprint density at radius 2 is 1.90 bits per heavy atom. The summed E-state index contributed by atoms with van der Waals surface area (Å²) in [4.78, 5) is 15.0. The summed E-state index contributed by atoms with van der Waals surface area (Å²) in [5.74, 6) is 0.443. The first-order valence-electron chi connectivity index (χ1n) is 15.1. The van der Waals surface area contributed by atoms with Gasteiger partial charge in [0.1, 0.15) is 12.8 Å². The summed E-state index contributed by atoms with van der Waals surface area (Å²) in [6, 6.07) is 14.6. The number of fused-ring (bicyclic) bond motifs is 5. The molecule has 0 aliphatic carbocycles. The van der Waals surface area contributed by atoms with Crippen molar-refractivity contribution >= 4 is 32.4 Å². The van der Waals surface area contributed by atoms with E-state index >= 15 is 0 Å². The minimum atomic E-state index is -0.761. The third-order valence-electron chi connectivity index (χ3n) is 10.3. The quantitative estimate of drug-likeness (QED) is 0.390. The highest BCUT2D eigenvalue weighted by atomic mass is 79.9. The molecule has 6 heterocycles. The number of hydrogen-bond donors (Lipinski definition) is 1. The Balaban J connectivity index is 1.14. The number of alkyl halides is 1. The van der Waals surface area contributed by atoms with Gasteiger partial charge in [0.15, 0.2) is 0 Å². The van der Waals surface area contributed by atoms with Crippen molar-refractivity contribution in [3.63, 3.8) is 0 Å². The molecular weight excluding hydrogens is 569 g/mol. The number of rotatable bonds is 5. The van der Waals surface area contributed by atoms with Crippen molar-refractivity contribution in [2.24, 2.45) is 0 Å². The molecule has 5 aliphatic heterocycles. The summed E-state index contributed by atoms with van der Waals surface area (Å²) in [6.07, 6.45) is 7.66. The molecule has 3 aromatic rings. The van der Waals surface area contributed by atoms with Gasteiger partial charge < -0.3 is 15.0 Å². The van der Waals surface area contributed by atoms with Crippen molar-refractivity contribution < 1.29 is 9.13 Å². The Kier molecular flexibility index (Phi) is 6.30. The van der Waals surface area contributed by atoms with Gasteiger partial charge in [-0.05, 0) is 74.6 Å². The zero-order valence-electron chi connectivity index (χ0n) is 22.9. The maximum absolute atomic E-state index is 14.4. The molecular formula is C32H37BrFN5O. The third-order valence-corrected chi connectivity index (χ3v) is 11.0. The van der Waals surface area contributed by atoms with Gasteiger partial charge in [-0.3, -0.25) is 4.90 Å². The van der Waals surface area contributed by atoms with Crippen molar-refractivity contribution in [2.75, 3.05) is 31.1 Å². The average molecular weight is 607 g/mol. The lowest BCUT2D eigenvalue weighted by Crippen LogP contribution is -2.43. The van der Waals surface area contributed by atoms with Crippen molar-refractivity contribution in [1.29, 1.82) is 0 Å². The number of nitrogens with one attached hydrogen (secondary N) is 1. The highest BCUT2D eigenvalue weighted by molar-refractivity contribution is 9.10.